The van der Waals surface area contributed by atoms with Crippen molar-refractivity contribution in [1.82, 2.24) is 0 Å². The van der Waals surface area contributed by atoms with Crippen molar-refractivity contribution in [2.75, 3.05) is 0 Å². The van der Waals surface area contributed by atoms with E-state index in [1.165, 1.54) is 6.42 Å². The lowest BCUT2D eigenvalue weighted by atomic mass is 9.44. The summed E-state index contributed by atoms with van der Waals surface area (Å²) >= 11 is 0. The highest BCUT2D eigenvalue weighted by atomic mass is 16.4. The fourth-order valence-corrected chi connectivity index (χ4v) is 8.25. The number of carbonyl (C=O) groups is 3. The summed E-state index contributed by atoms with van der Waals surface area (Å²) in [5, 5.41) is 9.07. The van der Waals surface area contributed by atoms with E-state index in [0.29, 0.717) is 60.4 Å². The van der Waals surface area contributed by atoms with Crippen LogP contribution in [0.4, 0.5) is 0 Å². The zero-order chi connectivity index (χ0) is 20.3. The first-order chi connectivity index (χ1) is 13.2. The van der Waals surface area contributed by atoms with Gasteiger partial charge in [0.25, 0.3) is 0 Å². The summed E-state index contributed by atoms with van der Waals surface area (Å²) in [6, 6.07) is 0. The van der Waals surface area contributed by atoms with Crippen molar-refractivity contribution in [1.29, 1.82) is 0 Å². The van der Waals surface area contributed by atoms with Gasteiger partial charge in [0.05, 0.1) is 0 Å². The standard InChI is InChI=1S/C24H36O4/c1-14(4-9-22(27)28)18-7-8-19-17-6-5-15-12-16(25)10-11-23(15,2)20(17)13-21(26)24(18,19)3/h14-15,17-20H,4-13H2,1-3H3,(H,27,28)/t14-,15-,17+,18-,19+,20+,23+,24-/m1/s1. The van der Waals surface area contributed by atoms with Crippen LogP contribution in [0.25, 0.3) is 0 Å². The van der Waals surface area contributed by atoms with E-state index in [0.717, 1.165) is 32.1 Å². The van der Waals surface area contributed by atoms with Gasteiger partial charge in [0.15, 0.2) is 0 Å². The molecule has 0 saturated heterocycles. The molecule has 28 heavy (non-hydrogen) atoms. The third kappa shape index (κ3) is 2.89. The molecule has 4 rings (SSSR count). The van der Waals surface area contributed by atoms with E-state index in [-0.39, 0.29) is 23.2 Å². The Morgan fingerprint density at radius 2 is 1.86 bits per heavy atom. The summed E-state index contributed by atoms with van der Waals surface area (Å²) < 4.78 is 0. The molecule has 0 aromatic rings. The van der Waals surface area contributed by atoms with Crippen LogP contribution in [0.5, 0.6) is 0 Å². The fourth-order valence-electron chi connectivity index (χ4n) is 8.25. The number of hydrogen-bond acceptors (Lipinski definition) is 3. The summed E-state index contributed by atoms with van der Waals surface area (Å²) in [4.78, 5) is 36.7. The topological polar surface area (TPSA) is 71.4 Å². The molecule has 4 saturated carbocycles. The Hall–Kier alpha value is -1.19. The first-order valence-corrected chi connectivity index (χ1v) is 11.4. The Labute approximate surface area is 168 Å². The van der Waals surface area contributed by atoms with Crippen LogP contribution >= 0.6 is 0 Å². The maximum atomic E-state index is 13.6. The Kier molecular flexibility index (Phi) is 4.99. The number of carboxylic acid groups (broad SMARTS) is 1. The minimum atomic E-state index is -0.736. The molecule has 4 fully saturated rings. The predicted molar refractivity (Wildman–Crippen MR) is 107 cm³/mol. The molecule has 156 valence electrons. The lowest BCUT2D eigenvalue weighted by Gasteiger charge is -2.59. The Morgan fingerprint density at radius 3 is 2.57 bits per heavy atom. The number of aliphatic carboxylic acids is 1. The van der Waals surface area contributed by atoms with Gasteiger partial charge in [-0.1, -0.05) is 20.8 Å². The van der Waals surface area contributed by atoms with Crippen LogP contribution in [0.1, 0.15) is 85.0 Å². The third-order valence-corrected chi connectivity index (χ3v) is 9.91. The van der Waals surface area contributed by atoms with Crippen molar-refractivity contribution in [3.05, 3.63) is 0 Å². The summed E-state index contributed by atoms with van der Waals surface area (Å²) in [6.45, 7) is 6.74. The van der Waals surface area contributed by atoms with Gasteiger partial charge >= 0.3 is 5.97 Å². The molecule has 0 unspecified atom stereocenters. The normalized spacial score (nSPS) is 46.5. The smallest absolute Gasteiger partial charge is 0.303 e. The number of hydrogen-bond donors (Lipinski definition) is 1. The van der Waals surface area contributed by atoms with Gasteiger partial charge in [0, 0.05) is 31.1 Å². The van der Waals surface area contributed by atoms with Crippen molar-refractivity contribution < 1.29 is 19.5 Å². The lowest BCUT2D eigenvalue weighted by Crippen LogP contribution is -2.57. The number of carboxylic acids is 1. The van der Waals surface area contributed by atoms with Crippen molar-refractivity contribution in [3.8, 4) is 0 Å². The van der Waals surface area contributed by atoms with Crippen molar-refractivity contribution in [2.45, 2.75) is 85.0 Å². The minimum absolute atomic E-state index is 0.154. The maximum absolute atomic E-state index is 13.6. The second-order valence-corrected chi connectivity index (χ2v) is 10.9. The van der Waals surface area contributed by atoms with Crippen LogP contribution < -0.4 is 0 Å². The van der Waals surface area contributed by atoms with Crippen LogP contribution in [-0.4, -0.2) is 22.6 Å². The van der Waals surface area contributed by atoms with E-state index in [9.17, 15) is 14.4 Å². The molecule has 0 bridgehead atoms. The SMILES string of the molecule is C[C@H](CCC(=O)O)[C@H]1CC[C@H]2[C@@H]3CC[C@@H]4CC(=O)CC[C@]4(C)[C@H]3CC(=O)[C@]12C. The average molecular weight is 389 g/mol. The van der Waals surface area contributed by atoms with Gasteiger partial charge in [0.1, 0.15) is 11.6 Å². The first kappa shape index (κ1) is 20.1. The molecule has 0 heterocycles. The number of carbonyl (C=O) groups excluding carboxylic acids is 2. The molecule has 0 radical (unpaired) electrons. The van der Waals surface area contributed by atoms with Gasteiger partial charge in [-0.15, -0.1) is 0 Å². The zero-order valence-electron chi connectivity index (χ0n) is 17.7. The Morgan fingerprint density at radius 1 is 1.11 bits per heavy atom. The van der Waals surface area contributed by atoms with Crippen LogP contribution in [0.2, 0.25) is 0 Å². The third-order valence-electron chi connectivity index (χ3n) is 9.91. The highest BCUT2D eigenvalue weighted by molar-refractivity contribution is 5.87. The molecule has 0 aliphatic heterocycles. The van der Waals surface area contributed by atoms with Crippen LogP contribution in [0.3, 0.4) is 0 Å². The molecule has 8 atom stereocenters. The molecule has 4 heteroatoms. The van der Waals surface area contributed by atoms with Gasteiger partial charge in [0.2, 0.25) is 0 Å². The number of rotatable bonds is 4. The first-order valence-electron chi connectivity index (χ1n) is 11.4. The van der Waals surface area contributed by atoms with Gasteiger partial charge in [-0.3, -0.25) is 14.4 Å². The quantitative estimate of drug-likeness (QED) is 0.744. The van der Waals surface area contributed by atoms with Gasteiger partial charge in [-0.25, -0.2) is 0 Å². The summed E-state index contributed by atoms with van der Waals surface area (Å²) in [6.07, 6.45) is 8.43. The lowest BCUT2D eigenvalue weighted by molar-refractivity contribution is -0.159. The van der Waals surface area contributed by atoms with E-state index in [1.807, 2.05) is 0 Å². The van der Waals surface area contributed by atoms with E-state index >= 15 is 0 Å². The molecule has 1 N–H and O–H groups in total. The molecule has 0 aromatic heterocycles. The molecule has 4 aliphatic carbocycles. The van der Waals surface area contributed by atoms with E-state index in [4.69, 9.17) is 5.11 Å². The van der Waals surface area contributed by atoms with Crippen LogP contribution in [0.15, 0.2) is 0 Å². The molecular weight excluding hydrogens is 352 g/mol. The zero-order valence-corrected chi connectivity index (χ0v) is 17.7. The summed E-state index contributed by atoms with van der Waals surface area (Å²) in [5.74, 6) is 2.69. The molecular formula is C24H36O4. The van der Waals surface area contributed by atoms with Crippen molar-refractivity contribution in [2.24, 2.45) is 46.3 Å². The molecule has 4 aliphatic rings. The molecule has 0 spiro atoms. The van der Waals surface area contributed by atoms with E-state index < -0.39 is 5.97 Å². The largest absolute Gasteiger partial charge is 0.481 e. The number of fused-ring (bicyclic) bond motifs is 5. The minimum Gasteiger partial charge on any atom is -0.481 e. The van der Waals surface area contributed by atoms with Gasteiger partial charge in [-0.05, 0) is 79.4 Å². The molecule has 0 amide bonds. The Bertz CT molecular complexity index is 684. The maximum Gasteiger partial charge on any atom is 0.303 e. The number of Topliss-reactive ketones (excluding diaryl/α,β-unsaturated/α-hetero) is 2. The van der Waals surface area contributed by atoms with Crippen LogP contribution in [0, 0.1) is 46.3 Å². The van der Waals surface area contributed by atoms with Gasteiger partial charge in [-0.2, -0.15) is 0 Å². The summed E-state index contributed by atoms with van der Waals surface area (Å²) in [7, 11) is 0. The average Bonchev–Trinajstić information content (AvgIpc) is 3.00. The number of ketones is 2. The van der Waals surface area contributed by atoms with Crippen molar-refractivity contribution in [3.63, 3.8) is 0 Å². The highest BCUT2D eigenvalue weighted by Crippen LogP contribution is 2.67. The van der Waals surface area contributed by atoms with Crippen LogP contribution in [-0.2, 0) is 14.4 Å². The van der Waals surface area contributed by atoms with Crippen molar-refractivity contribution >= 4 is 17.5 Å². The van der Waals surface area contributed by atoms with E-state index in [1.54, 1.807) is 0 Å². The second kappa shape index (κ2) is 6.95. The predicted octanol–water partition coefficient (Wildman–Crippen LogP) is 4.89. The fraction of sp³-hybridized carbons (Fsp3) is 0.875. The van der Waals surface area contributed by atoms with Gasteiger partial charge < -0.3 is 5.11 Å². The monoisotopic (exact) mass is 388 g/mol. The molecule has 4 nitrogen and oxygen atoms in total. The summed E-state index contributed by atoms with van der Waals surface area (Å²) in [5.41, 5.74) is -0.117. The highest BCUT2D eigenvalue weighted by Gasteiger charge is 2.63. The van der Waals surface area contributed by atoms with E-state index in [2.05, 4.69) is 20.8 Å². The second-order valence-electron chi connectivity index (χ2n) is 10.9. The Balaban J connectivity index is 1.58. The molecule has 0 aromatic carbocycles.